The number of amides is 5. The first kappa shape index (κ1) is 41.3. The second-order valence-electron chi connectivity index (χ2n) is 13.2. The summed E-state index contributed by atoms with van der Waals surface area (Å²) in [5.74, 6) is -3.97. The molecule has 0 saturated carbocycles. The molecule has 0 aromatic heterocycles. The van der Waals surface area contributed by atoms with Crippen LogP contribution in [0.2, 0.25) is 0 Å². The van der Waals surface area contributed by atoms with Crippen LogP contribution < -0.4 is 10.6 Å². The molecule has 0 spiro atoms. The predicted molar refractivity (Wildman–Crippen MR) is 174 cm³/mol. The zero-order valence-electron chi connectivity index (χ0n) is 30.1. The predicted octanol–water partition coefficient (Wildman–Crippen LogP) is 1.50. The van der Waals surface area contributed by atoms with Crippen LogP contribution in [-0.4, -0.2) is 121 Å². The fourth-order valence-electron chi connectivity index (χ4n) is 5.62. The monoisotopic (exact) mass is 667 g/mol. The van der Waals surface area contributed by atoms with Crippen LogP contribution >= 0.6 is 0 Å². The first-order chi connectivity index (χ1) is 21.9. The first-order valence-electron chi connectivity index (χ1n) is 16.5. The van der Waals surface area contributed by atoms with Crippen LogP contribution in [0.5, 0.6) is 0 Å². The van der Waals surface area contributed by atoms with Gasteiger partial charge in [0.1, 0.15) is 24.2 Å². The maximum Gasteiger partial charge on any atom is 0.307 e. The number of nitrogens with one attached hydrogen (secondary N) is 2. The topological polar surface area (TPSA) is 172 Å². The molecule has 268 valence electrons. The maximum atomic E-state index is 14.0. The molecule has 6 atom stereocenters. The van der Waals surface area contributed by atoms with E-state index in [0.717, 1.165) is 0 Å². The van der Waals surface area contributed by atoms with Gasteiger partial charge in [-0.2, -0.15) is 0 Å². The van der Waals surface area contributed by atoms with Gasteiger partial charge in [0.2, 0.25) is 23.6 Å². The molecule has 5 amide bonds. The summed E-state index contributed by atoms with van der Waals surface area (Å²) in [7, 11) is 4.23. The second kappa shape index (κ2) is 19.2. The molecule has 14 heteroatoms. The van der Waals surface area contributed by atoms with Gasteiger partial charge in [0.15, 0.2) is 6.10 Å². The SMILES string of the molecule is CC[C@H](C)[C@H](NC(=O)[C@@H]1CCCN1C(=O)[C@@H](CC(C)C)OC(C)=O)C(=O)N(C)[C@H](C(=O)N(C)[C@@H](C)C(=O)NCCC(=O)OC)C(C)C. The lowest BCUT2D eigenvalue weighted by atomic mass is 9.94. The van der Waals surface area contributed by atoms with Gasteiger partial charge < -0.3 is 34.8 Å². The van der Waals surface area contributed by atoms with E-state index in [4.69, 9.17) is 4.74 Å². The van der Waals surface area contributed by atoms with Crippen LogP contribution in [0.15, 0.2) is 0 Å². The molecular weight excluding hydrogens is 610 g/mol. The fourth-order valence-corrected chi connectivity index (χ4v) is 5.62. The summed E-state index contributed by atoms with van der Waals surface area (Å²) in [6.45, 7) is 14.3. The minimum atomic E-state index is -1.01. The molecule has 14 nitrogen and oxygen atoms in total. The number of rotatable bonds is 17. The Labute approximate surface area is 279 Å². The van der Waals surface area contributed by atoms with E-state index in [-0.39, 0.29) is 30.7 Å². The van der Waals surface area contributed by atoms with E-state index in [2.05, 4.69) is 15.4 Å². The summed E-state index contributed by atoms with van der Waals surface area (Å²) in [5.41, 5.74) is 0. The van der Waals surface area contributed by atoms with Crippen molar-refractivity contribution >= 4 is 41.5 Å². The molecule has 0 radical (unpaired) electrons. The van der Waals surface area contributed by atoms with E-state index < -0.39 is 71.7 Å². The molecule has 1 saturated heterocycles. The summed E-state index contributed by atoms with van der Waals surface area (Å²) in [6.07, 6.45) is 0.800. The molecule has 1 rings (SSSR count). The highest BCUT2D eigenvalue weighted by atomic mass is 16.5. The van der Waals surface area contributed by atoms with Crippen molar-refractivity contribution in [1.82, 2.24) is 25.3 Å². The van der Waals surface area contributed by atoms with Crippen LogP contribution in [0.4, 0.5) is 0 Å². The van der Waals surface area contributed by atoms with Crippen molar-refractivity contribution in [3.8, 4) is 0 Å². The average Bonchev–Trinajstić information content (AvgIpc) is 3.50. The van der Waals surface area contributed by atoms with Gasteiger partial charge >= 0.3 is 11.9 Å². The minimum Gasteiger partial charge on any atom is -0.469 e. The van der Waals surface area contributed by atoms with Gasteiger partial charge in [-0.15, -0.1) is 0 Å². The fraction of sp³-hybridized carbons (Fsp3) is 0.788. The van der Waals surface area contributed by atoms with Gasteiger partial charge in [-0.05, 0) is 43.9 Å². The zero-order valence-corrected chi connectivity index (χ0v) is 30.1. The van der Waals surface area contributed by atoms with Crippen LogP contribution in [0, 0.1) is 17.8 Å². The molecule has 1 aliphatic heterocycles. The normalized spacial score (nSPS) is 17.6. The summed E-state index contributed by atoms with van der Waals surface area (Å²) in [4.78, 5) is 94.8. The molecule has 0 bridgehead atoms. The van der Waals surface area contributed by atoms with Crippen molar-refractivity contribution < 1.29 is 43.0 Å². The highest BCUT2D eigenvalue weighted by molar-refractivity contribution is 5.96. The van der Waals surface area contributed by atoms with E-state index >= 15 is 0 Å². The summed E-state index contributed by atoms with van der Waals surface area (Å²) < 4.78 is 9.90. The zero-order chi connectivity index (χ0) is 36.2. The number of carbonyl (C=O) groups is 7. The summed E-state index contributed by atoms with van der Waals surface area (Å²) in [5, 5.41) is 5.49. The number of ether oxygens (including phenoxy) is 2. The Morgan fingerprint density at radius 1 is 0.936 bits per heavy atom. The van der Waals surface area contributed by atoms with E-state index in [0.29, 0.717) is 32.2 Å². The van der Waals surface area contributed by atoms with E-state index in [1.165, 1.54) is 42.8 Å². The van der Waals surface area contributed by atoms with Crippen molar-refractivity contribution in [1.29, 1.82) is 0 Å². The Kier molecular flexibility index (Phi) is 16.9. The van der Waals surface area contributed by atoms with Crippen LogP contribution in [0.25, 0.3) is 0 Å². The summed E-state index contributed by atoms with van der Waals surface area (Å²) >= 11 is 0. The number of likely N-dealkylation sites (tertiary alicyclic amines) is 1. The van der Waals surface area contributed by atoms with Crippen LogP contribution in [0.3, 0.4) is 0 Å². The standard InChI is InChI=1S/C33H57N5O9/c1-12-21(6)27(35-30(42)24-14-13-17-38(24)31(43)25(18-19(2)3)47-23(8)39)32(44)37(10)28(20(4)5)33(45)36(9)22(7)29(41)34-16-15-26(40)46-11/h19-22,24-25,27-28H,12-18H2,1-11H3,(H,34,41)(H,35,42)/t21-,22-,24-,25+,27-,28-/m0/s1. The smallest absolute Gasteiger partial charge is 0.307 e. The molecule has 1 aliphatic rings. The molecule has 0 aromatic rings. The second-order valence-corrected chi connectivity index (χ2v) is 13.2. The van der Waals surface area contributed by atoms with Gasteiger partial charge in [-0.3, -0.25) is 33.6 Å². The van der Waals surface area contributed by atoms with Gasteiger partial charge in [-0.25, -0.2) is 0 Å². The van der Waals surface area contributed by atoms with Crippen LogP contribution in [0.1, 0.15) is 87.5 Å². The molecule has 1 heterocycles. The molecule has 1 fully saturated rings. The minimum absolute atomic E-state index is 0.0152. The Balaban J connectivity index is 3.17. The Morgan fingerprint density at radius 3 is 2.06 bits per heavy atom. The van der Waals surface area contributed by atoms with E-state index in [1.807, 2.05) is 27.7 Å². The van der Waals surface area contributed by atoms with E-state index in [9.17, 15) is 33.6 Å². The Hall–Kier alpha value is -3.71. The van der Waals surface area contributed by atoms with Crippen molar-refractivity contribution in [2.24, 2.45) is 17.8 Å². The number of hydrogen-bond donors (Lipinski definition) is 2. The largest absolute Gasteiger partial charge is 0.469 e. The third-order valence-electron chi connectivity index (χ3n) is 8.70. The molecule has 2 N–H and O–H groups in total. The van der Waals surface area contributed by atoms with Crippen molar-refractivity contribution in [2.75, 3.05) is 34.3 Å². The van der Waals surface area contributed by atoms with Crippen molar-refractivity contribution in [2.45, 2.75) is 118 Å². The number of likely N-dealkylation sites (N-methyl/N-ethyl adjacent to an activating group) is 2. The average molecular weight is 668 g/mol. The van der Waals surface area contributed by atoms with Crippen LogP contribution in [-0.2, 0) is 43.0 Å². The molecule has 0 aromatic carbocycles. The first-order valence-corrected chi connectivity index (χ1v) is 16.5. The van der Waals surface area contributed by atoms with Gasteiger partial charge in [-0.1, -0.05) is 48.0 Å². The molecule has 0 unspecified atom stereocenters. The van der Waals surface area contributed by atoms with Crippen molar-refractivity contribution in [3.63, 3.8) is 0 Å². The number of methoxy groups -OCH3 is 1. The van der Waals surface area contributed by atoms with Gasteiger partial charge in [0.05, 0.1) is 13.5 Å². The van der Waals surface area contributed by atoms with Gasteiger partial charge in [0, 0.05) is 34.1 Å². The third-order valence-corrected chi connectivity index (χ3v) is 8.70. The lowest BCUT2D eigenvalue weighted by Crippen LogP contribution is -2.61. The Morgan fingerprint density at radius 2 is 1.55 bits per heavy atom. The summed E-state index contributed by atoms with van der Waals surface area (Å²) in [6, 6.07) is -3.68. The highest BCUT2D eigenvalue weighted by Gasteiger charge is 2.42. The Bertz CT molecular complexity index is 1130. The molecule has 47 heavy (non-hydrogen) atoms. The number of nitrogens with zero attached hydrogens (tertiary/aromatic N) is 3. The maximum absolute atomic E-state index is 14.0. The lowest BCUT2D eigenvalue weighted by molar-refractivity contribution is -0.161. The lowest BCUT2D eigenvalue weighted by Gasteiger charge is -2.38. The quantitative estimate of drug-likeness (QED) is 0.218. The highest BCUT2D eigenvalue weighted by Crippen LogP contribution is 2.24. The number of carbonyl (C=O) groups excluding carboxylic acids is 7. The van der Waals surface area contributed by atoms with Crippen molar-refractivity contribution in [3.05, 3.63) is 0 Å². The van der Waals surface area contributed by atoms with E-state index in [1.54, 1.807) is 20.8 Å². The molecular formula is C33H57N5O9. The number of hydrogen-bond acceptors (Lipinski definition) is 9. The number of esters is 2. The molecule has 0 aliphatic carbocycles. The van der Waals surface area contributed by atoms with Gasteiger partial charge in [0.25, 0.3) is 5.91 Å². The third kappa shape index (κ3) is 11.8.